The van der Waals surface area contributed by atoms with Crippen LogP contribution in [0.4, 0.5) is 0 Å². The lowest BCUT2D eigenvalue weighted by Gasteiger charge is -2.47. The minimum atomic E-state index is 0. The van der Waals surface area contributed by atoms with Gasteiger partial charge >= 0.3 is 0 Å². The Balaban J connectivity index is -0.0000000601. The second kappa shape index (κ2) is 32.7. The van der Waals surface area contributed by atoms with Crippen molar-refractivity contribution in [1.29, 1.82) is 0 Å². The van der Waals surface area contributed by atoms with Crippen LogP contribution in [0, 0.1) is 35.0 Å². The normalized spacial score (nSPS) is 21.4. The van der Waals surface area contributed by atoms with Gasteiger partial charge in [0.1, 0.15) is 0 Å². The third-order valence-corrected chi connectivity index (χ3v) is 5.81. The van der Waals surface area contributed by atoms with Crippen molar-refractivity contribution in [3.63, 3.8) is 0 Å². The maximum atomic E-state index is 2.53. The van der Waals surface area contributed by atoms with Crippen molar-refractivity contribution in [3.05, 3.63) is 0 Å². The van der Waals surface area contributed by atoms with Crippen molar-refractivity contribution in [3.8, 4) is 0 Å². The molecule has 0 radical (unpaired) electrons. The van der Waals surface area contributed by atoms with Crippen LogP contribution in [-0.2, 0) is 0 Å². The van der Waals surface area contributed by atoms with E-state index in [0.29, 0.717) is 5.41 Å². The quantitative estimate of drug-likeness (QED) is 0.416. The Hall–Kier alpha value is 0. The molecule has 2 aliphatic carbocycles. The summed E-state index contributed by atoms with van der Waals surface area (Å²) in [6, 6.07) is 0. The molecule has 29 heavy (non-hydrogen) atoms. The monoisotopic (exact) mass is 421 g/mol. The summed E-state index contributed by atoms with van der Waals surface area (Å²) in [5.74, 6) is 4.80. The molecular weight excluding hydrogens is 348 g/mol. The largest absolute Gasteiger partial charge is 0.0776 e. The molecule has 2 fully saturated rings. The van der Waals surface area contributed by atoms with Gasteiger partial charge in [-0.05, 0) is 47.8 Å². The molecule has 0 saturated heterocycles. The van der Waals surface area contributed by atoms with Gasteiger partial charge in [0.15, 0.2) is 0 Å². The molecule has 0 spiro atoms. The minimum Gasteiger partial charge on any atom is -0.0776 e. The van der Waals surface area contributed by atoms with Gasteiger partial charge in [-0.3, -0.25) is 0 Å². The van der Waals surface area contributed by atoms with E-state index in [2.05, 4.69) is 34.6 Å². The van der Waals surface area contributed by atoms with Crippen LogP contribution in [0.2, 0.25) is 0 Å². The third kappa shape index (κ3) is 13.1. The van der Waals surface area contributed by atoms with Gasteiger partial charge in [-0.2, -0.15) is 0 Å². The number of rotatable bonds is 2. The molecule has 0 aliphatic heterocycles. The van der Waals surface area contributed by atoms with E-state index in [0.717, 1.165) is 29.6 Å². The minimum absolute atomic E-state index is 0. The number of fused-ring (bicyclic) bond motifs is 1. The van der Waals surface area contributed by atoms with Crippen LogP contribution >= 0.6 is 0 Å². The fourth-order valence-electron chi connectivity index (χ4n) is 5.66. The van der Waals surface area contributed by atoms with Gasteiger partial charge in [0.25, 0.3) is 0 Å². The molecule has 0 nitrogen and oxygen atoms in total. The highest BCUT2D eigenvalue weighted by atomic mass is 14.6. The molecule has 2 saturated carbocycles. The van der Waals surface area contributed by atoms with Crippen molar-refractivity contribution < 1.29 is 0 Å². The number of hydrogen-bond acceptors (Lipinski definition) is 0. The first-order chi connectivity index (χ1) is 13.0. The maximum absolute atomic E-state index is 2.53. The van der Waals surface area contributed by atoms with E-state index in [1.54, 1.807) is 0 Å². The van der Waals surface area contributed by atoms with Gasteiger partial charge in [-0.1, -0.05) is 145 Å². The second-order valence-corrected chi connectivity index (χ2v) is 6.74. The molecule has 3 atom stereocenters. The first-order valence-electron chi connectivity index (χ1n) is 13.0. The van der Waals surface area contributed by atoms with Gasteiger partial charge in [-0.15, -0.1) is 0 Å². The smallest absolute Gasteiger partial charge is 0.0195 e. The highest BCUT2D eigenvalue weighted by molar-refractivity contribution is 5.05. The van der Waals surface area contributed by atoms with E-state index < -0.39 is 0 Å². The summed E-state index contributed by atoms with van der Waals surface area (Å²) in [6.07, 6.45) is 6.06. The molecule has 0 amide bonds. The van der Waals surface area contributed by atoms with Crippen molar-refractivity contribution in [2.45, 2.75) is 158 Å². The molecule has 0 aromatic heterocycles. The zero-order valence-corrected chi connectivity index (χ0v) is 23.2. The van der Waals surface area contributed by atoms with Crippen molar-refractivity contribution in [2.24, 2.45) is 35.0 Å². The third-order valence-electron chi connectivity index (χ3n) is 5.81. The van der Waals surface area contributed by atoms with E-state index in [1.165, 1.54) is 25.7 Å². The van der Waals surface area contributed by atoms with E-state index in [9.17, 15) is 0 Å². The Bertz CT molecular complexity index is 218. The molecule has 0 aromatic rings. The molecule has 2 rings (SSSR count). The van der Waals surface area contributed by atoms with Crippen LogP contribution < -0.4 is 0 Å². The average Bonchev–Trinajstić information content (AvgIpc) is 3.30. The van der Waals surface area contributed by atoms with Gasteiger partial charge in [0.2, 0.25) is 0 Å². The zero-order chi connectivity index (χ0) is 23.2. The average molecular weight is 421 g/mol. The molecule has 2 unspecified atom stereocenters. The van der Waals surface area contributed by atoms with Crippen LogP contribution in [0.25, 0.3) is 0 Å². The number of hydrogen-bond donors (Lipinski definition) is 0. The van der Waals surface area contributed by atoms with Gasteiger partial charge in [-0.25, -0.2) is 0 Å². The van der Waals surface area contributed by atoms with Crippen LogP contribution in [0.15, 0.2) is 0 Å². The van der Waals surface area contributed by atoms with Crippen LogP contribution in [0.5, 0.6) is 0 Å². The Labute approximate surface area is 193 Å². The lowest BCUT2D eigenvalue weighted by molar-refractivity contribution is 0.0127. The molecule has 0 heterocycles. The fourth-order valence-corrected chi connectivity index (χ4v) is 5.66. The van der Waals surface area contributed by atoms with Gasteiger partial charge < -0.3 is 0 Å². The molecule has 0 N–H and O–H groups in total. The van der Waals surface area contributed by atoms with Gasteiger partial charge in [0, 0.05) is 0 Å². The predicted octanol–water partition coefficient (Wildman–Crippen LogP) is 12.2. The first-order valence-corrected chi connectivity index (χ1v) is 13.0. The predicted molar refractivity (Wildman–Crippen MR) is 148 cm³/mol. The maximum Gasteiger partial charge on any atom is -0.0195 e. The lowest BCUT2D eigenvalue weighted by atomic mass is 9.58. The topological polar surface area (TPSA) is 0 Å². The Morgan fingerprint density at radius 2 is 0.897 bits per heavy atom. The summed E-state index contributed by atoms with van der Waals surface area (Å²) in [5.41, 5.74) is 0.654. The van der Waals surface area contributed by atoms with Crippen molar-refractivity contribution in [2.75, 3.05) is 0 Å². The molecule has 2 aliphatic rings. The molecular formula is C29H72. The SMILES string of the molecule is C.C.CC.CC.CC.CC.CC.CC.CC(C)C1(C(C)C)C2CCCC2C[C@@H]1C. The van der Waals surface area contributed by atoms with Crippen molar-refractivity contribution in [1.82, 2.24) is 0 Å². The Kier molecular flexibility index (Phi) is 52.9. The fraction of sp³-hybridized carbons (Fsp3) is 1.00. The summed E-state index contributed by atoms with van der Waals surface area (Å²) in [7, 11) is 0. The van der Waals surface area contributed by atoms with Crippen LogP contribution in [0.1, 0.15) is 158 Å². The standard InChI is InChI=1S/C15H28.6C2H6.2CH4/c1-10(2)15(11(3)4)12(5)9-13-7-6-8-14(13)15;6*1-2;;/h10-14H,6-9H2,1-5H3;6*1-2H3;2*1H4/t12-,13?,14?;;;;;;;;/m0......../s1. The first kappa shape index (κ1) is 47.0. The van der Waals surface area contributed by atoms with Crippen LogP contribution in [-0.4, -0.2) is 0 Å². The van der Waals surface area contributed by atoms with Crippen molar-refractivity contribution >= 4 is 0 Å². The molecule has 188 valence electrons. The molecule has 0 heteroatoms. The summed E-state index contributed by atoms with van der Waals surface area (Å²) >= 11 is 0. The summed E-state index contributed by atoms with van der Waals surface area (Å²) in [6.45, 7) is 36.4. The van der Waals surface area contributed by atoms with E-state index in [1.807, 2.05) is 83.1 Å². The zero-order valence-electron chi connectivity index (χ0n) is 23.2. The van der Waals surface area contributed by atoms with Crippen LogP contribution in [0.3, 0.4) is 0 Å². The molecule has 0 bridgehead atoms. The van der Waals surface area contributed by atoms with E-state index in [-0.39, 0.29) is 14.9 Å². The second-order valence-electron chi connectivity index (χ2n) is 6.74. The van der Waals surface area contributed by atoms with Gasteiger partial charge in [0.05, 0.1) is 0 Å². The Morgan fingerprint density at radius 3 is 1.17 bits per heavy atom. The summed E-state index contributed by atoms with van der Waals surface area (Å²) < 4.78 is 0. The highest BCUT2D eigenvalue weighted by Gasteiger charge is 2.56. The van der Waals surface area contributed by atoms with E-state index in [4.69, 9.17) is 0 Å². The lowest BCUT2D eigenvalue weighted by Crippen LogP contribution is -2.41. The Morgan fingerprint density at radius 1 is 0.586 bits per heavy atom. The van der Waals surface area contributed by atoms with E-state index >= 15 is 0 Å². The molecule has 0 aromatic carbocycles. The summed E-state index contributed by atoms with van der Waals surface area (Å²) in [5, 5.41) is 0. The summed E-state index contributed by atoms with van der Waals surface area (Å²) in [4.78, 5) is 0. The highest BCUT2D eigenvalue weighted by Crippen LogP contribution is 2.64.